The van der Waals surface area contributed by atoms with Crippen molar-refractivity contribution in [3.63, 3.8) is 0 Å². The highest BCUT2D eigenvalue weighted by Gasteiger charge is 2.23. The highest BCUT2D eigenvalue weighted by Crippen LogP contribution is 2.27. The van der Waals surface area contributed by atoms with Gasteiger partial charge in [0, 0.05) is 53.1 Å². The molecule has 1 amide bonds. The fourth-order valence-electron chi connectivity index (χ4n) is 3.98. The smallest absolute Gasteiger partial charge is 0.251 e. The Morgan fingerprint density at radius 2 is 1.81 bits per heavy atom. The number of rotatable bonds is 4. The highest BCUT2D eigenvalue weighted by atomic mass is 16.1. The van der Waals surface area contributed by atoms with Crippen LogP contribution in [0.1, 0.15) is 23.2 Å². The molecule has 0 unspecified atom stereocenters. The molecular formula is C25H21N5O. The number of nitrogens with one attached hydrogen (secondary N) is 1. The number of benzene rings is 2. The fraction of sp³-hybridized carbons (Fsp3) is 0.160. The van der Waals surface area contributed by atoms with E-state index in [0.717, 1.165) is 41.0 Å². The van der Waals surface area contributed by atoms with E-state index < -0.39 is 0 Å². The molecule has 31 heavy (non-hydrogen) atoms. The lowest BCUT2D eigenvalue weighted by Gasteiger charge is -2.07. The molecule has 1 fully saturated rings. The molecular weight excluding hydrogens is 386 g/mol. The van der Waals surface area contributed by atoms with E-state index in [0.29, 0.717) is 11.6 Å². The second-order valence-corrected chi connectivity index (χ2v) is 8.17. The maximum atomic E-state index is 12.3. The minimum Gasteiger partial charge on any atom is -0.351 e. The van der Waals surface area contributed by atoms with Crippen molar-refractivity contribution in [2.45, 2.75) is 18.9 Å². The minimum absolute atomic E-state index is 0.00465. The predicted molar refractivity (Wildman–Crippen MR) is 121 cm³/mol. The number of hydrogen-bond donors (Lipinski definition) is 1. The number of hydrogen-bond acceptors (Lipinski definition) is 3. The van der Waals surface area contributed by atoms with Crippen molar-refractivity contribution >= 4 is 22.5 Å². The van der Waals surface area contributed by atoms with Gasteiger partial charge in [0.2, 0.25) is 0 Å². The summed E-state index contributed by atoms with van der Waals surface area (Å²) in [5, 5.41) is 4.22. The molecule has 1 saturated carbocycles. The van der Waals surface area contributed by atoms with E-state index in [4.69, 9.17) is 0 Å². The van der Waals surface area contributed by atoms with Crippen molar-refractivity contribution < 1.29 is 4.79 Å². The lowest BCUT2D eigenvalue weighted by molar-refractivity contribution is 0.0951. The number of carbonyl (C=O) groups is 1. The summed E-state index contributed by atoms with van der Waals surface area (Å²) >= 11 is 0. The molecule has 3 aromatic heterocycles. The van der Waals surface area contributed by atoms with E-state index >= 15 is 0 Å². The van der Waals surface area contributed by atoms with Gasteiger partial charge in [0.25, 0.3) is 5.91 Å². The van der Waals surface area contributed by atoms with E-state index in [9.17, 15) is 4.79 Å². The Labute approximate surface area is 179 Å². The molecule has 0 atom stereocenters. The van der Waals surface area contributed by atoms with Crippen LogP contribution in [0.3, 0.4) is 0 Å². The van der Waals surface area contributed by atoms with Crippen LogP contribution in [-0.4, -0.2) is 30.9 Å². The first-order valence-corrected chi connectivity index (χ1v) is 10.5. The first-order valence-electron chi connectivity index (χ1n) is 10.5. The third-order valence-corrected chi connectivity index (χ3v) is 5.93. The molecule has 5 aromatic rings. The van der Waals surface area contributed by atoms with Gasteiger partial charge in [0.1, 0.15) is 0 Å². The van der Waals surface area contributed by atoms with E-state index in [1.807, 2.05) is 43.7 Å². The first kappa shape index (κ1) is 17.9. The molecule has 6 rings (SSSR count). The van der Waals surface area contributed by atoms with Crippen LogP contribution in [0, 0.1) is 0 Å². The van der Waals surface area contributed by atoms with Gasteiger partial charge in [-0.2, -0.15) is 0 Å². The summed E-state index contributed by atoms with van der Waals surface area (Å²) in [7, 11) is 2.05. The van der Waals surface area contributed by atoms with Crippen molar-refractivity contribution in [2.75, 3.05) is 0 Å². The van der Waals surface area contributed by atoms with Gasteiger partial charge >= 0.3 is 0 Å². The summed E-state index contributed by atoms with van der Waals surface area (Å²) in [5.41, 5.74) is 6.59. The largest absolute Gasteiger partial charge is 0.351 e. The quantitative estimate of drug-likeness (QED) is 0.479. The maximum Gasteiger partial charge on any atom is 0.251 e. The lowest BCUT2D eigenvalue weighted by Crippen LogP contribution is -2.25. The monoisotopic (exact) mass is 407 g/mol. The minimum atomic E-state index is -0.00465. The third-order valence-electron chi connectivity index (χ3n) is 5.93. The summed E-state index contributed by atoms with van der Waals surface area (Å²) in [4.78, 5) is 21.4. The summed E-state index contributed by atoms with van der Waals surface area (Å²) < 4.78 is 4.16. The SMILES string of the molecule is Cn1ccc2cc(-c3cn4c(-c5ccc(C(=O)NC6CC6)cc5)cnc4cn3)ccc21. The Hall–Kier alpha value is -3.93. The van der Waals surface area contributed by atoms with Gasteiger partial charge in [-0.3, -0.25) is 14.2 Å². The third kappa shape index (κ3) is 3.17. The average Bonchev–Trinajstić information content (AvgIpc) is 3.39. The Bertz CT molecular complexity index is 1440. The molecule has 3 heterocycles. The van der Waals surface area contributed by atoms with Gasteiger partial charge in [0.15, 0.2) is 5.65 Å². The molecule has 2 aromatic carbocycles. The molecule has 0 radical (unpaired) electrons. The van der Waals surface area contributed by atoms with Crippen molar-refractivity contribution in [1.82, 2.24) is 24.3 Å². The molecule has 0 bridgehead atoms. The van der Waals surface area contributed by atoms with Crippen LogP contribution < -0.4 is 5.32 Å². The summed E-state index contributed by atoms with van der Waals surface area (Å²) in [6.45, 7) is 0. The summed E-state index contributed by atoms with van der Waals surface area (Å²) in [5.74, 6) is -0.00465. The topological polar surface area (TPSA) is 64.2 Å². The van der Waals surface area contributed by atoms with E-state index in [-0.39, 0.29) is 5.91 Å². The molecule has 0 saturated heterocycles. The molecule has 152 valence electrons. The number of aryl methyl sites for hydroxylation is 1. The van der Waals surface area contributed by atoms with Gasteiger partial charge in [-0.1, -0.05) is 18.2 Å². The van der Waals surface area contributed by atoms with Crippen LogP contribution in [0.4, 0.5) is 0 Å². The molecule has 1 N–H and O–H groups in total. The van der Waals surface area contributed by atoms with Crippen LogP contribution in [0.25, 0.3) is 39.1 Å². The number of fused-ring (bicyclic) bond motifs is 2. The Kier molecular flexibility index (Phi) is 3.93. The van der Waals surface area contributed by atoms with Crippen molar-refractivity contribution in [3.8, 4) is 22.5 Å². The van der Waals surface area contributed by atoms with Gasteiger partial charge in [-0.05, 0) is 43.2 Å². The summed E-state index contributed by atoms with van der Waals surface area (Å²) in [6.07, 6.45) is 9.90. The number of carbonyl (C=O) groups excluding carboxylic acids is 1. The van der Waals surface area contributed by atoms with E-state index in [1.54, 1.807) is 6.20 Å². The van der Waals surface area contributed by atoms with Crippen LogP contribution in [-0.2, 0) is 7.05 Å². The molecule has 1 aliphatic rings. The number of nitrogens with zero attached hydrogens (tertiary/aromatic N) is 4. The Balaban J connectivity index is 1.36. The molecule has 6 nitrogen and oxygen atoms in total. The number of amides is 1. The lowest BCUT2D eigenvalue weighted by atomic mass is 10.1. The Morgan fingerprint density at radius 3 is 2.61 bits per heavy atom. The zero-order chi connectivity index (χ0) is 20.9. The van der Waals surface area contributed by atoms with Gasteiger partial charge in [-0.15, -0.1) is 0 Å². The van der Waals surface area contributed by atoms with Gasteiger partial charge in [-0.25, -0.2) is 4.98 Å². The Morgan fingerprint density at radius 1 is 1.00 bits per heavy atom. The van der Waals surface area contributed by atoms with Gasteiger partial charge < -0.3 is 9.88 Å². The van der Waals surface area contributed by atoms with Crippen molar-refractivity contribution in [1.29, 1.82) is 0 Å². The highest BCUT2D eigenvalue weighted by molar-refractivity contribution is 5.95. The zero-order valence-corrected chi connectivity index (χ0v) is 17.1. The van der Waals surface area contributed by atoms with Crippen molar-refractivity contribution in [2.24, 2.45) is 7.05 Å². The van der Waals surface area contributed by atoms with Crippen molar-refractivity contribution in [3.05, 3.63) is 78.9 Å². The molecule has 1 aliphatic carbocycles. The second-order valence-electron chi connectivity index (χ2n) is 8.17. The predicted octanol–water partition coefficient (Wildman–Crippen LogP) is 4.45. The molecule has 0 aliphatic heterocycles. The second kappa shape index (κ2) is 6.80. The normalized spacial score (nSPS) is 13.7. The van der Waals surface area contributed by atoms with Crippen LogP contribution in [0.5, 0.6) is 0 Å². The van der Waals surface area contributed by atoms with Crippen LogP contribution in [0.15, 0.2) is 73.3 Å². The van der Waals surface area contributed by atoms with Crippen LogP contribution in [0.2, 0.25) is 0 Å². The fourth-order valence-corrected chi connectivity index (χ4v) is 3.98. The first-order chi connectivity index (χ1) is 15.2. The number of aromatic nitrogens is 4. The van der Waals surface area contributed by atoms with E-state index in [1.165, 1.54) is 10.9 Å². The number of imidazole rings is 1. The standard InChI is InChI=1S/C25H21N5O/c1-29-11-10-19-12-18(6-9-22(19)29)21-15-30-23(13-27-24(30)14-26-21)16-2-4-17(5-3-16)25(31)28-20-7-8-20/h2-6,9-15,20H,7-8H2,1H3,(H,28,31). The summed E-state index contributed by atoms with van der Waals surface area (Å²) in [6, 6.07) is 16.5. The molecule has 6 heteroatoms. The van der Waals surface area contributed by atoms with Gasteiger partial charge in [0.05, 0.1) is 23.8 Å². The molecule has 0 spiro atoms. The maximum absolute atomic E-state index is 12.3. The average molecular weight is 407 g/mol. The van der Waals surface area contributed by atoms with E-state index in [2.05, 4.69) is 54.7 Å². The van der Waals surface area contributed by atoms with Crippen LogP contribution >= 0.6 is 0 Å². The zero-order valence-electron chi connectivity index (χ0n) is 17.1.